The summed E-state index contributed by atoms with van der Waals surface area (Å²) in [5.41, 5.74) is 4.77. The topological polar surface area (TPSA) is 198 Å². The van der Waals surface area contributed by atoms with E-state index in [4.69, 9.17) is 0 Å². The SMILES string of the molecule is CCN1C(=CC2=C([O-])C(=CC3=[N+](CC)c4ccc(P)cc4C3(C)C)C2=O)C(C)(C)c2cc(P(=O)(O)O)ccc21.O.O.O. The van der Waals surface area contributed by atoms with Gasteiger partial charge >= 0.3 is 7.60 Å². The maximum absolute atomic E-state index is 13.4. The number of allylic oxidation sites excluding steroid dienone is 5. The molecule has 0 fully saturated rings. The highest BCUT2D eigenvalue weighted by Crippen LogP contribution is 2.50. The molecule has 0 radical (unpaired) electrons. The van der Waals surface area contributed by atoms with Crippen molar-refractivity contribution >= 4 is 50.3 Å². The Balaban J connectivity index is 0.00000205. The van der Waals surface area contributed by atoms with Gasteiger partial charge in [0.25, 0.3) is 0 Å². The van der Waals surface area contributed by atoms with E-state index in [0.717, 1.165) is 39.2 Å². The number of rotatable bonds is 5. The first-order valence-corrected chi connectivity index (χ1v) is 15.3. The molecule has 2 aliphatic heterocycles. The van der Waals surface area contributed by atoms with Crippen LogP contribution in [0.25, 0.3) is 0 Å². The zero-order valence-corrected chi connectivity index (χ0v) is 26.6. The van der Waals surface area contributed by atoms with E-state index in [-0.39, 0.29) is 49.8 Å². The van der Waals surface area contributed by atoms with E-state index >= 15 is 0 Å². The summed E-state index contributed by atoms with van der Waals surface area (Å²) in [6.07, 6.45) is 3.43. The van der Waals surface area contributed by atoms with Crippen LogP contribution in [-0.2, 0) is 20.2 Å². The summed E-state index contributed by atoms with van der Waals surface area (Å²) in [5.74, 6) is -0.568. The second-order valence-electron chi connectivity index (χ2n) is 11.3. The number of hydrogen-bond donors (Lipinski definition) is 2. The fraction of sp³-hybridized carbons (Fsp3) is 0.333. The number of likely N-dealkylation sites (N-methyl/N-ethyl adjacent to an activating group) is 1. The monoisotopic (exact) mass is 618 g/mol. The smallest absolute Gasteiger partial charge is 0.356 e. The van der Waals surface area contributed by atoms with Crippen LogP contribution in [0.5, 0.6) is 0 Å². The lowest BCUT2D eigenvalue weighted by molar-refractivity contribution is -0.433. The molecule has 3 aliphatic rings. The number of Topliss-reactive ketones (excluding diaryl/α,β-unsaturated/α-hetero) is 1. The number of benzene rings is 2. The van der Waals surface area contributed by atoms with Crippen molar-refractivity contribution in [3.63, 3.8) is 0 Å². The van der Waals surface area contributed by atoms with Crippen LogP contribution in [-0.4, -0.2) is 55.4 Å². The number of carbonyl (C=O) groups excluding carboxylic acids is 1. The molecule has 1 atom stereocenters. The van der Waals surface area contributed by atoms with Crippen LogP contribution in [0.15, 0.2) is 71.2 Å². The maximum Gasteiger partial charge on any atom is 0.356 e. The highest BCUT2D eigenvalue weighted by Gasteiger charge is 2.46. The van der Waals surface area contributed by atoms with Gasteiger partial charge in [-0.3, -0.25) is 9.36 Å². The molecule has 0 amide bonds. The Bertz CT molecular complexity index is 1630. The van der Waals surface area contributed by atoms with Crippen molar-refractivity contribution in [2.24, 2.45) is 0 Å². The average molecular weight is 619 g/mol. The van der Waals surface area contributed by atoms with Crippen molar-refractivity contribution in [1.82, 2.24) is 0 Å². The maximum atomic E-state index is 13.4. The molecule has 0 saturated carbocycles. The Morgan fingerprint density at radius 3 is 2.17 bits per heavy atom. The normalized spacial score (nSPS) is 20.1. The molecule has 0 aromatic heterocycles. The lowest BCUT2D eigenvalue weighted by atomic mass is 9.77. The fourth-order valence-corrected chi connectivity index (χ4v) is 6.94. The summed E-state index contributed by atoms with van der Waals surface area (Å²) in [4.78, 5) is 34.8. The van der Waals surface area contributed by atoms with Crippen LogP contribution in [0, 0.1) is 0 Å². The molecule has 0 spiro atoms. The fourth-order valence-electron chi connectivity index (χ4n) is 6.11. The summed E-state index contributed by atoms with van der Waals surface area (Å²) in [5, 5.41) is 14.5. The molecule has 42 heavy (non-hydrogen) atoms. The second kappa shape index (κ2) is 11.6. The van der Waals surface area contributed by atoms with Gasteiger partial charge in [-0.2, -0.15) is 4.58 Å². The second-order valence-corrected chi connectivity index (χ2v) is 13.6. The minimum Gasteiger partial charge on any atom is -0.871 e. The van der Waals surface area contributed by atoms with E-state index in [1.54, 1.807) is 18.2 Å². The molecule has 2 heterocycles. The van der Waals surface area contributed by atoms with Gasteiger partial charge in [0.2, 0.25) is 5.69 Å². The summed E-state index contributed by atoms with van der Waals surface area (Å²) < 4.78 is 14.1. The van der Waals surface area contributed by atoms with Crippen molar-refractivity contribution in [3.05, 3.63) is 82.3 Å². The highest BCUT2D eigenvalue weighted by atomic mass is 31.2. The van der Waals surface area contributed by atoms with Gasteiger partial charge in [-0.15, -0.1) is 9.24 Å². The molecule has 12 heteroatoms. The Labute approximate surface area is 248 Å². The molecular weight excluding hydrogens is 578 g/mol. The van der Waals surface area contributed by atoms with Crippen molar-refractivity contribution in [1.29, 1.82) is 0 Å². The third-order valence-corrected chi connectivity index (χ3v) is 9.61. The molecule has 10 nitrogen and oxygen atoms in total. The van der Waals surface area contributed by atoms with E-state index in [2.05, 4.69) is 46.7 Å². The van der Waals surface area contributed by atoms with Crippen LogP contribution in [0.2, 0.25) is 0 Å². The highest BCUT2D eigenvalue weighted by molar-refractivity contribution is 7.60. The Kier molecular flexibility index (Phi) is 9.76. The van der Waals surface area contributed by atoms with Crippen LogP contribution in [0.4, 0.5) is 11.4 Å². The molecule has 228 valence electrons. The molecule has 1 aliphatic carbocycles. The van der Waals surface area contributed by atoms with Crippen LogP contribution in [0.1, 0.15) is 52.7 Å². The van der Waals surface area contributed by atoms with E-state index in [9.17, 15) is 24.3 Å². The summed E-state index contributed by atoms with van der Waals surface area (Å²) >= 11 is 0. The number of hydrogen-bond acceptors (Lipinski definition) is 4. The molecule has 8 N–H and O–H groups in total. The first-order valence-electron chi connectivity index (χ1n) is 13.1. The van der Waals surface area contributed by atoms with Gasteiger partial charge in [0.15, 0.2) is 11.5 Å². The zero-order chi connectivity index (χ0) is 28.7. The largest absolute Gasteiger partial charge is 0.871 e. The molecule has 1 unspecified atom stereocenters. The third kappa shape index (κ3) is 5.12. The lowest BCUT2D eigenvalue weighted by Crippen LogP contribution is -2.35. The predicted molar refractivity (Wildman–Crippen MR) is 167 cm³/mol. The van der Waals surface area contributed by atoms with Crippen molar-refractivity contribution in [2.75, 3.05) is 18.0 Å². The number of ketones is 1. The average Bonchev–Trinajstić information content (AvgIpc) is 3.22. The quantitative estimate of drug-likeness (QED) is 0.281. The first kappa shape index (κ1) is 35.3. The molecular formula is C30H40N2O8P2. The van der Waals surface area contributed by atoms with Gasteiger partial charge in [-0.05, 0) is 75.0 Å². The minimum atomic E-state index is -4.43. The first-order chi connectivity index (χ1) is 18.1. The van der Waals surface area contributed by atoms with Crippen molar-refractivity contribution in [3.8, 4) is 0 Å². The van der Waals surface area contributed by atoms with Crippen molar-refractivity contribution < 1.29 is 45.3 Å². The molecule has 0 saturated heterocycles. The van der Waals surface area contributed by atoms with E-state index in [0.29, 0.717) is 13.1 Å². The Hall–Kier alpha value is -2.94. The van der Waals surface area contributed by atoms with Gasteiger partial charge in [-0.1, -0.05) is 19.6 Å². The van der Waals surface area contributed by atoms with E-state index in [1.165, 1.54) is 12.1 Å². The number of nitrogens with zero attached hydrogens (tertiary/aromatic N) is 2. The van der Waals surface area contributed by atoms with Crippen molar-refractivity contribution in [2.45, 2.75) is 52.4 Å². The van der Waals surface area contributed by atoms with Gasteiger partial charge in [0.1, 0.15) is 6.54 Å². The summed E-state index contributed by atoms with van der Waals surface area (Å²) in [7, 11) is -1.70. The summed E-state index contributed by atoms with van der Waals surface area (Å²) in [6, 6.07) is 10.9. The predicted octanol–water partition coefficient (Wildman–Crippen LogP) is 0.737. The minimum absolute atomic E-state index is 0. The molecule has 0 bridgehead atoms. The van der Waals surface area contributed by atoms with Crippen LogP contribution < -0.4 is 20.6 Å². The number of anilines is 1. The van der Waals surface area contributed by atoms with Crippen LogP contribution >= 0.6 is 16.8 Å². The Morgan fingerprint density at radius 2 is 1.62 bits per heavy atom. The summed E-state index contributed by atoms with van der Waals surface area (Å²) in [6.45, 7) is 13.4. The molecule has 5 rings (SSSR count). The number of carbonyl (C=O) groups is 1. The lowest BCUT2D eigenvalue weighted by Gasteiger charge is -2.32. The molecule has 2 aromatic rings. The van der Waals surface area contributed by atoms with Gasteiger partial charge in [0.05, 0.1) is 10.7 Å². The van der Waals surface area contributed by atoms with Gasteiger partial charge in [0, 0.05) is 52.2 Å². The standard InChI is InChI=1S/C30H34N2O5P2.3H2O/c1-7-31-23-11-9-17(38)13-21(23)29(3,4)25(31)15-19-27(33)20(28(19)34)16-26-30(5,6)22-14-18(39(35,36)37)10-12-24(22)32(26)8-2;;;/h9-16H,7-8,38H2,1-6H3,(H2-,33,34,35,36,37);3*1H2. The zero-order valence-electron chi connectivity index (χ0n) is 24.6. The van der Waals surface area contributed by atoms with Gasteiger partial charge in [-0.25, -0.2) is 0 Å². The van der Waals surface area contributed by atoms with E-state index in [1.807, 2.05) is 31.7 Å². The van der Waals surface area contributed by atoms with E-state index < -0.39 is 13.0 Å². The van der Waals surface area contributed by atoms with Crippen LogP contribution in [0.3, 0.4) is 0 Å². The third-order valence-electron chi connectivity index (χ3n) is 8.30. The molecule has 2 aromatic carbocycles. The van der Waals surface area contributed by atoms with Gasteiger partial charge < -0.3 is 36.2 Å². The number of fused-ring (bicyclic) bond motifs is 2. The Morgan fingerprint density at radius 1 is 0.976 bits per heavy atom.